The van der Waals surface area contributed by atoms with Gasteiger partial charge in [0.05, 0.1) is 7.11 Å². The van der Waals surface area contributed by atoms with Crippen LogP contribution in [-0.2, 0) is 32.2 Å². The Kier molecular flexibility index (Phi) is 12.1. The zero-order chi connectivity index (χ0) is 28.1. The van der Waals surface area contributed by atoms with Gasteiger partial charge in [-0.15, -0.1) is 0 Å². The molecular weight excluding hydrogens is 486 g/mol. The lowest BCUT2D eigenvalue weighted by Crippen LogP contribution is -2.50. The average molecular weight is 528 g/mol. The summed E-state index contributed by atoms with van der Waals surface area (Å²) in [5.74, 6) is -0.526. The van der Waals surface area contributed by atoms with Crippen LogP contribution in [0.25, 0.3) is 0 Å². The fraction of sp³-hybridized carbons (Fsp3) is 0.483. The maximum absolute atomic E-state index is 13.0. The van der Waals surface area contributed by atoms with Gasteiger partial charge in [-0.25, -0.2) is 14.4 Å². The number of esters is 1. The lowest BCUT2D eigenvalue weighted by atomic mass is 10.2. The number of methoxy groups -OCH3 is 1. The molecule has 0 saturated heterocycles. The molecule has 0 heterocycles. The maximum atomic E-state index is 13.0. The summed E-state index contributed by atoms with van der Waals surface area (Å²) in [6.45, 7) is 10.8. The van der Waals surface area contributed by atoms with Crippen LogP contribution in [0.2, 0.25) is 0 Å². The fourth-order valence-electron chi connectivity index (χ4n) is 3.79. The summed E-state index contributed by atoms with van der Waals surface area (Å²) in [4.78, 5) is 41.1. The maximum Gasteiger partial charge on any atom is 0.411 e. The van der Waals surface area contributed by atoms with E-state index in [0.717, 1.165) is 11.1 Å². The first-order valence-electron chi connectivity index (χ1n) is 12.8. The number of nitrogens with zero attached hydrogens (tertiary/aromatic N) is 2. The molecule has 0 aliphatic heterocycles. The van der Waals surface area contributed by atoms with E-state index in [4.69, 9.17) is 14.2 Å². The zero-order valence-corrected chi connectivity index (χ0v) is 23.3. The van der Waals surface area contributed by atoms with Crippen LogP contribution in [0.5, 0.6) is 0 Å². The largest absolute Gasteiger partial charge is 0.467 e. The number of carbonyl (C=O) groups is 3. The first-order chi connectivity index (χ1) is 18.0. The Morgan fingerprint density at radius 1 is 0.895 bits per heavy atom. The molecule has 0 radical (unpaired) electrons. The minimum atomic E-state index is -0.822. The predicted octanol–water partition coefficient (Wildman–Crippen LogP) is 4.60. The Morgan fingerprint density at radius 3 is 2.03 bits per heavy atom. The van der Waals surface area contributed by atoms with E-state index in [1.165, 1.54) is 12.0 Å². The lowest BCUT2D eigenvalue weighted by Gasteiger charge is -2.33. The van der Waals surface area contributed by atoms with Crippen LogP contribution in [0.4, 0.5) is 9.59 Å². The van der Waals surface area contributed by atoms with E-state index in [2.05, 4.69) is 10.2 Å². The first kappa shape index (κ1) is 30.6. The quantitative estimate of drug-likeness (QED) is 0.318. The van der Waals surface area contributed by atoms with Crippen molar-refractivity contribution in [2.75, 3.05) is 26.7 Å². The second-order valence-electron chi connectivity index (χ2n) is 10.2. The van der Waals surface area contributed by atoms with Crippen LogP contribution >= 0.6 is 0 Å². The molecule has 2 amide bonds. The topological polar surface area (TPSA) is 97.4 Å². The van der Waals surface area contributed by atoms with Crippen LogP contribution < -0.4 is 5.32 Å². The molecule has 0 aliphatic rings. The van der Waals surface area contributed by atoms with Crippen molar-refractivity contribution < 1.29 is 28.6 Å². The van der Waals surface area contributed by atoms with E-state index in [9.17, 15) is 14.4 Å². The number of hydrogen-bond donors (Lipinski definition) is 1. The summed E-state index contributed by atoms with van der Waals surface area (Å²) in [6, 6.07) is 18.3. The molecule has 0 aliphatic carbocycles. The molecule has 2 aromatic rings. The molecule has 2 rings (SSSR count). The predicted molar refractivity (Wildman–Crippen MR) is 145 cm³/mol. The second-order valence-corrected chi connectivity index (χ2v) is 10.2. The van der Waals surface area contributed by atoms with Crippen molar-refractivity contribution in [3.63, 3.8) is 0 Å². The van der Waals surface area contributed by atoms with Crippen LogP contribution in [0.15, 0.2) is 60.7 Å². The standard InChI is InChI=1S/C29H41N3O6/c1-22(30-27(34)37-21-25-15-11-8-12-16-25)19-31(20-24-13-9-7-10-14-24)17-18-32(23(2)26(33)36-6)28(35)38-29(3,4)5/h7-16,22-23H,17-21H2,1-6H3,(H,30,34)/t22-,23+/m1/s1. The van der Waals surface area contributed by atoms with Crippen molar-refractivity contribution in [3.8, 4) is 0 Å². The summed E-state index contributed by atoms with van der Waals surface area (Å²) in [5, 5.41) is 2.88. The number of amides is 2. The van der Waals surface area contributed by atoms with Gasteiger partial charge in [-0.2, -0.15) is 0 Å². The third kappa shape index (κ3) is 11.2. The van der Waals surface area contributed by atoms with Crippen molar-refractivity contribution >= 4 is 18.2 Å². The Balaban J connectivity index is 2.07. The van der Waals surface area contributed by atoms with E-state index < -0.39 is 29.8 Å². The summed E-state index contributed by atoms with van der Waals surface area (Å²) >= 11 is 0. The summed E-state index contributed by atoms with van der Waals surface area (Å²) in [6.07, 6.45) is -1.10. The highest BCUT2D eigenvalue weighted by molar-refractivity contribution is 5.81. The summed E-state index contributed by atoms with van der Waals surface area (Å²) < 4.78 is 15.8. The second kappa shape index (κ2) is 15.0. The van der Waals surface area contributed by atoms with Gasteiger partial charge in [-0.1, -0.05) is 60.7 Å². The Hall–Kier alpha value is -3.59. The Morgan fingerprint density at radius 2 is 1.47 bits per heavy atom. The third-order valence-electron chi connectivity index (χ3n) is 5.65. The van der Waals surface area contributed by atoms with E-state index in [1.54, 1.807) is 27.7 Å². The van der Waals surface area contributed by atoms with Crippen molar-refractivity contribution in [2.24, 2.45) is 0 Å². The molecule has 0 fully saturated rings. The smallest absolute Gasteiger partial charge is 0.411 e. The van der Waals surface area contributed by atoms with E-state index in [0.29, 0.717) is 19.6 Å². The third-order valence-corrected chi connectivity index (χ3v) is 5.65. The van der Waals surface area contributed by atoms with Crippen molar-refractivity contribution in [1.82, 2.24) is 15.1 Å². The number of alkyl carbamates (subject to hydrolysis) is 1. The lowest BCUT2D eigenvalue weighted by molar-refractivity contribution is -0.146. The highest BCUT2D eigenvalue weighted by atomic mass is 16.6. The van der Waals surface area contributed by atoms with Crippen LogP contribution in [0.1, 0.15) is 45.7 Å². The fourth-order valence-corrected chi connectivity index (χ4v) is 3.79. The van der Waals surface area contributed by atoms with Gasteiger partial charge in [-0.05, 0) is 45.7 Å². The van der Waals surface area contributed by atoms with Gasteiger partial charge in [0.25, 0.3) is 0 Å². The molecule has 9 heteroatoms. The zero-order valence-electron chi connectivity index (χ0n) is 23.3. The molecule has 1 N–H and O–H groups in total. The van der Waals surface area contributed by atoms with Gasteiger partial charge < -0.3 is 19.5 Å². The number of nitrogens with one attached hydrogen (secondary N) is 1. The molecule has 0 unspecified atom stereocenters. The molecule has 208 valence electrons. The number of hydrogen-bond acceptors (Lipinski definition) is 7. The average Bonchev–Trinajstić information content (AvgIpc) is 2.87. The molecule has 2 atom stereocenters. The van der Waals surface area contributed by atoms with Crippen LogP contribution in [0.3, 0.4) is 0 Å². The molecular formula is C29H41N3O6. The number of benzene rings is 2. The molecule has 2 aromatic carbocycles. The SMILES string of the molecule is COC(=O)[C@H](C)N(CCN(Cc1ccccc1)C[C@@H](C)NC(=O)OCc1ccccc1)C(=O)OC(C)(C)C. The van der Waals surface area contributed by atoms with Gasteiger partial charge in [0.15, 0.2) is 0 Å². The molecule has 9 nitrogen and oxygen atoms in total. The minimum Gasteiger partial charge on any atom is -0.467 e. The van der Waals surface area contributed by atoms with E-state index >= 15 is 0 Å². The highest BCUT2D eigenvalue weighted by Gasteiger charge is 2.31. The van der Waals surface area contributed by atoms with Crippen LogP contribution in [0, 0.1) is 0 Å². The van der Waals surface area contributed by atoms with Crippen molar-refractivity contribution in [2.45, 2.75) is 65.5 Å². The molecule has 38 heavy (non-hydrogen) atoms. The van der Waals surface area contributed by atoms with Crippen molar-refractivity contribution in [3.05, 3.63) is 71.8 Å². The molecule has 0 aromatic heterocycles. The number of carbonyl (C=O) groups excluding carboxylic acids is 3. The first-order valence-corrected chi connectivity index (χ1v) is 12.8. The van der Waals surface area contributed by atoms with E-state index in [-0.39, 0.29) is 19.2 Å². The normalized spacial score (nSPS) is 12.8. The van der Waals surface area contributed by atoms with Gasteiger partial charge in [0.2, 0.25) is 0 Å². The van der Waals surface area contributed by atoms with Gasteiger partial charge in [-0.3, -0.25) is 9.80 Å². The van der Waals surface area contributed by atoms with Gasteiger partial charge in [0.1, 0.15) is 18.2 Å². The van der Waals surface area contributed by atoms with E-state index in [1.807, 2.05) is 67.6 Å². The molecule has 0 saturated carbocycles. The summed E-state index contributed by atoms with van der Waals surface area (Å²) in [5.41, 5.74) is 1.27. The Labute approximate surface area is 226 Å². The monoisotopic (exact) mass is 527 g/mol. The molecule has 0 bridgehead atoms. The highest BCUT2D eigenvalue weighted by Crippen LogP contribution is 2.14. The van der Waals surface area contributed by atoms with Crippen LogP contribution in [-0.4, -0.2) is 72.4 Å². The number of ether oxygens (including phenoxy) is 3. The van der Waals surface area contributed by atoms with Gasteiger partial charge >= 0.3 is 18.2 Å². The minimum absolute atomic E-state index is 0.184. The van der Waals surface area contributed by atoms with Crippen molar-refractivity contribution in [1.29, 1.82) is 0 Å². The Bertz CT molecular complexity index is 1010. The summed E-state index contributed by atoms with van der Waals surface area (Å²) in [7, 11) is 1.29. The van der Waals surface area contributed by atoms with Gasteiger partial charge in [0, 0.05) is 32.2 Å². The molecule has 0 spiro atoms. The number of rotatable bonds is 12.